The van der Waals surface area contributed by atoms with Crippen LogP contribution in [0.5, 0.6) is 11.5 Å². The summed E-state index contributed by atoms with van der Waals surface area (Å²) < 4.78 is 12.5. The topological polar surface area (TPSA) is 37.3 Å². The minimum absolute atomic E-state index is 0.0780. The summed E-state index contributed by atoms with van der Waals surface area (Å²) in [4.78, 5) is 9.83. The fraction of sp³-hybridized carbons (Fsp3) is 0.464. The van der Waals surface area contributed by atoms with Gasteiger partial charge >= 0.3 is 0 Å². The monoisotopic (exact) mass is 443 g/mol. The molecule has 2 aromatic carbocycles. The molecule has 1 atom stereocenters. The highest BCUT2D eigenvalue weighted by molar-refractivity contribution is 6.03. The maximum Gasteiger partial charge on any atom is 0.153 e. The van der Waals surface area contributed by atoms with E-state index in [0.29, 0.717) is 0 Å². The van der Waals surface area contributed by atoms with Crippen LogP contribution in [0.4, 0.5) is 5.69 Å². The van der Waals surface area contributed by atoms with E-state index >= 15 is 0 Å². The van der Waals surface area contributed by atoms with Gasteiger partial charge in [0.25, 0.3) is 0 Å². The standard InChI is InChI=1S/C28H33N3O2/c1-27(2)14-8-15-28(3,33-27)16-9-17-30-18-20-31(21-19-30)26-22-10-4-6-12-24(22)32-25-13-7-5-11-23(25)29-26/h4-7,10-13H,8,14-15,17-21H2,1-3H3/t28-/m0/s1. The molecule has 0 N–H and O–H groups in total. The molecule has 0 unspecified atom stereocenters. The Hall–Kier alpha value is -2.81. The van der Waals surface area contributed by atoms with Gasteiger partial charge in [-0.15, -0.1) is 0 Å². The van der Waals surface area contributed by atoms with E-state index in [4.69, 9.17) is 14.5 Å². The molecule has 3 heterocycles. The van der Waals surface area contributed by atoms with Crippen molar-refractivity contribution < 1.29 is 9.47 Å². The second kappa shape index (κ2) is 8.85. The number of amidine groups is 1. The quantitative estimate of drug-likeness (QED) is 0.566. The summed E-state index contributed by atoms with van der Waals surface area (Å²) >= 11 is 0. The Balaban J connectivity index is 1.27. The number of rotatable bonds is 1. The van der Waals surface area contributed by atoms with Gasteiger partial charge in [0, 0.05) is 26.2 Å². The first-order chi connectivity index (χ1) is 15.9. The van der Waals surface area contributed by atoms with Crippen LogP contribution in [0.3, 0.4) is 0 Å². The largest absolute Gasteiger partial charge is 0.454 e. The molecular weight excluding hydrogens is 410 g/mol. The van der Waals surface area contributed by atoms with E-state index in [1.165, 1.54) is 6.42 Å². The Morgan fingerprint density at radius 3 is 2.42 bits per heavy atom. The summed E-state index contributed by atoms with van der Waals surface area (Å²) in [5.74, 6) is 9.51. The number of ether oxygens (including phenoxy) is 2. The van der Waals surface area contributed by atoms with Gasteiger partial charge < -0.3 is 14.4 Å². The number of piperazine rings is 1. The minimum atomic E-state index is -0.324. The first kappa shape index (κ1) is 22.0. The number of nitrogens with zero attached hydrogens (tertiary/aromatic N) is 3. The van der Waals surface area contributed by atoms with E-state index in [9.17, 15) is 0 Å². The maximum absolute atomic E-state index is 6.29. The van der Waals surface area contributed by atoms with Gasteiger partial charge in [-0.2, -0.15) is 0 Å². The van der Waals surface area contributed by atoms with Crippen LogP contribution in [0, 0.1) is 11.8 Å². The zero-order valence-corrected chi connectivity index (χ0v) is 19.9. The highest BCUT2D eigenvalue weighted by Crippen LogP contribution is 2.38. The SMILES string of the molecule is CC1(C)CCC[C@@](C)(C#CCN2CCN(C3=Nc4ccccc4Oc4ccccc43)CC2)O1. The third-order valence-corrected chi connectivity index (χ3v) is 6.70. The number of para-hydroxylation sites is 3. The second-order valence-electron chi connectivity index (χ2n) is 10.0. The van der Waals surface area contributed by atoms with Crippen molar-refractivity contribution in [3.05, 3.63) is 54.1 Å². The van der Waals surface area contributed by atoms with Crippen molar-refractivity contribution in [2.75, 3.05) is 32.7 Å². The third-order valence-electron chi connectivity index (χ3n) is 6.70. The maximum atomic E-state index is 6.29. The molecule has 0 aromatic heterocycles. The summed E-state index contributed by atoms with van der Waals surface area (Å²) in [5, 5.41) is 0. The van der Waals surface area contributed by atoms with Crippen LogP contribution in [-0.2, 0) is 4.74 Å². The number of hydrogen-bond donors (Lipinski definition) is 0. The lowest BCUT2D eigenvalue weighted by atomic mass is 9.88. The van der Waals surface area contributed by atoms with Gasteiger partial charge in [-0.1, -0.05) is 36.1 Å². The fourth-order valence-corrected chi connectivity index (χ4v) is 5.02. The van der Waals surface area contributed by atoms with Gasteiger partial charge in [0.15, 0.2) is 5.75 Å². The van der Waals surface area contributed by atoms with Gasteiger partial charge in [0.05, 0.1) is 17.7 Å². The Morgan fingerprint density at radius 2 is 1.64 bits per heavy atom. The van der Waals surface area contributed by atoms with Crippen molar-refractivity contribution in [3.8, 4) is 23.3 Å². The van der Waals surface area contributed by atoms with E-state index < -0.39 is 0 Å². The molecule has 2 aromatic rings. The van der Waals surface area contributed by atoms with Crippen LogP contribution in [0.1, 0.15) is 45.6 Å². The van der Waals surface area contributed by atoms with E-state index in [2.05, 4.69) is 54.5 Å². The van der Waals surface area contributed by atoms with Crippen LogP contribution < -0.4 is 4.74 Å². The van der Waals surface area contributed by atoms with Crippen molar-refractivity contribution in [3.63, 3.8) is 0 Å². The van der Waals surface area contributed by atoms with Crippen LogP contribution in [0.25, 0.3) is 0 Å². The summed E-state index contributed by atoms with van der Waals surface area (Å²) in [5.41, 5.74) is 1.52. The smallest absolute Gasteiger partial charge is 0.153 e. The van der Waals surface area contributed by atoms with E-state index in [1.807, 2.05) is 36.4 Å². The lowest BCUT2D eigenvalue weighted by Gasteiger charge is -2.40. The zero-order chi connectivity index (χ0) is 22.9. The highest BCUT2D eigenvalue weighted by Gasteiger charge is 2.36. The molecule has 3 aliphatic rings. The number of benzene rings is 2. The van der Waals surface area contributed by atoms with E-state index in [0.717, 1.165) is 74.2 Å². The van der Waals surface area contributed by atoms with Gasteiger partial charge in [-0.05, 0) is 64.3 Å². The highest BCUT2D eigenvalue weighted by atomic mass is 16.5. The van der Waals surface area contributed by atoms with Crippen molar-refractivity contribution >= 4 is 11.5 Å². The number of aliphatic imine (C=N–C) groups is 1. The normalized spacial score (nSPS) is 24.3. The fourth-order valence-electron chi connectivity index (χ4n) is 5.02. The number of hydrogen-bond acceptors (Lipinski definition) is 5. The first-order valence-corrected chi connectivity index (χ1v) is 12.0. The number of fused-ring (bicyclic) bond motifs is 2. The van der Waals surface area contributed by atoms with Gasteiger partial charge in [-0.25, -0.2) is 4.99 Å². The predicted octanol–water partition coefficient (Wildman–Crippen LogP) is 5.23. The molecular formula is C28H33N3O2. The molecule has 0 radical (unpaired) electrons. The molecule has 172 valence electrons. The van der Waals surface area contributed by atoms with Crippen LogP contribution in [0.15, 0.2) is 53.5 Å². The molecule has 0 amide bonds. The molecule has 5 rings (SSSR count). The molecule has 5 heteroatoms. The lowest BCUT2D eigenvalue weighted by Crippen LogP contribution is -2.49. The van der Waals surface area contributed by atoms with Crippen molar-refractivity contribution in [2.45, 2.75) is 51.2 Å². The minimum Gasteiger partial charge on any atom is -0.454 e. The summed E-state index contributed by atoms with van der Waals surface area (Å²) in [6, 6.07) is 16.2. The molecule has 33 heavy (non-hydrogen) atoms. The van der Waals surface area contributed by atoms with E-state index in [-0.39, 0.29) is 11.2 Å². The summed E-state index contributed by atoms with van der Waals surface area (Å²) in [6.45, 7) is 11.0. The Bertz CT molecular complexity index is 1110. The van der Waals surface area contributed by atoms with Crippen molar-refractivity contribution in [1.29, 1.82) is 0 Å². The Morgan fingerprint density at radius 1 is 0.909 bits per heavy atom. The van der Waals surface area contributed by atoms with Crippen LogP contribution in [0.2, 0.25) is 0 Å². The average molecular weight is 444 g/mol. The summed E-state index contributed by atoms with van der Waals surface area (Å²) in [6.07, 6.45) is 3.29. The molecule has 5 nitrogen and oxygen atoms in total. The Kier molecular flexibility index (Phi) is 5.90. The van der Waals surface area contributed by atoms with Crippen LogP contribution in [-0.4, -0.2) is 59.6 Å². The molecule has 2 fully saturated rings. The Labute approximate surface area is 197 Å². The zero-order valence-electron chi connectivity index (χ0n) is 19.9. The molecule has 0 spiro atoms. The first-order valence-electron chi connectivity index (χ1n) is 12.0. The third kappa shape index (κ3) is 4.93. The summed E-state index contributed by atoms with van der Waals surface area (Å²) in [7, 11) is 0. The average Bonchev–Trinajstić information content (AvgIpc) is 2.95. The molecule has 2 saturated heterocycles. The second-order valence-corrected chi connectivity index (χ2v) is 10.0. The molecule has 0 bridgehead atoms. The predicted molar refractivity (Wildman–Crippen MR) is 132 cm³/mol. The van der Waals surface area contributed by atoms with Crippen LogP contribution >= 0.6 is 0 Å². The molecule has 0 aliphatic carbocycles. The van der Waals surface area contributed by atoms with Gasteiger partial charge in [-0.3, -0.25) is 4.90 Å². The molecule has 0 saturated carbocycles. The van der Waals surface area contributed by atoms with Gasteiger partial charge in [0.2, 0.25) is 0 Å². The van der Waals surface area contributed by atoms with E-state index in [1.54, 1.807) is 0 Å². The van der Waals surface area contributed by atoms with Crippen molar-refractivity contribution in [1.82, 2.24) is 9.80 Å². The van der Waals surface area contributed by atoms with Crippen molar-refractivity contribution in [2.24, 2.45) is 4.99 Å². The lowest BCUT2D eigenvalue weighted by molar-refractivity contribution is -0.135. The molecule has 3 aliphatic heterocycles. The van der Waals surface area contributed by atoms with Gasteiger partial charge in [0.1, 0.15) is 22.9 Å².